The van der Waals surface area contributed by atoms with Gasteiger partial charge in [-0.1, -0.05) is 52.3 Å². The molecule has 1 saturated heterocycles. The highest BCUT2D eigenvalue weighted by Gasteiger charge is 2.66. The molecule has 8 heteroatoms. The predicted octanol–water partition coefficient (Wildman–Crippen LogP) is 3.51. The van der Waals surface area contributed by atoms with Crippen LogP contribution in [0.3, 0.4) is 0 Å². The second-order valence-corrected chi connectivity index (χ2v) is 9.52. The lowest BCUT2D eigenvalue weighted by Gasteiger charge is -2.34. The van der Waals surface area contributed by atoms with Gasteiger partial charge in [-0.2, -0.15) is 0 Å². The van der Waals surface area contributed by atoms with Crippen molar-refractivity contribution in [1.29, 1.82) is 0 Å². The van der Waals surface area contributed by atoms with Gasteiger partial charge in [0.1, 0.15) is 5.76 Å². The number of halogens is 1. The van der Waals surface area contributed by atoms with Crippen molar-refractivity contribution < 1.29 is 19.5 Å². The van der Waals surface area contributed by atoms with E-state index in [1.54, 1.807) is 54.6 Å². The van der Waals surface area contributed by atoms with Crippen molar-refractivity contribution in [3.8, 4) is 0 Å². The summed E-state index contributed by atoms with van der Waals surface area (Å²) in [6.45, 7) is 4.82. The van der Waals surface area contributed by atoms with Gasteiger partial charge in [0.05, 0.1) is 11.3 Å². The molecule has 2 amide bonds. The second kappa shape index (κ2) is 9.19. The summed E-state index contributed by atoms with van der Waals surface area (Å²) in [5, 5.41) is 11.4. The van der Waals surface area contributed by atoms with E-state index in [1.165, 1.54) is 9.80 Å². The topological polar surface area (TPSA) is 81.2 Å². The number of benzene rings is 2. The fraction of sp³-hybridized carbons (Fsp3) is 0.269. The van der Waals surface area contributed by atoms with Gasteiger partial charge >= 0.3 is 0 Å². The summed E-state index contributed by atoms with van der Waals surface area (Å²) in [6.07, 6.45) is 2.15. The highest BCUT2D eigenvalue weighted by Crippen LogP contribution is 2.53. The zero-order chi connectivity index (χ0) is 24.6. The lowest BCUT2D eigenvalue weighted by molar-refractivity contribution is -0.143. The van der Waals surface area contributed by atoms with Crippen LogP contribution in [0.4, 0.5) is 5.69 Å². The minimum atomic E-state index is -1.74. The number of aliphatic hydroxyl groups excluding tert-OH is 1. The van der Waals surface area contributed by atoms with Gasteiger partial charge in [0.15, 0.2) is 5.54 Å². The second-order valence-electron chi connectivity index (χ2n) is 8.61. The van der Waals surface area contributed by atoms with Crippen molar-refractivity contribution in [2.75, 3.05) is 38.6 Å². The molecule has 4 rings (SSSR count). The van der Waals surface area contributed by atoms with E-state index in [1.807, 2.05) is 19.0 Å². The summed E-state index contributed by atoms with van der Waals surface area (Å²) in [6, 6.07) is 13.8. The normalized spacial score (nSPS) is 21.1. The van der Waals surface area contributed by atoms with Crippen molar-refractivity contribution in [2.24, 2.45) is 0 Å². The molecule has 2 heterocycles. The van der Waals surface area contributed by atoms with Crippen LogP contribution in [-0.4, -0.2) is 66.2 Å². The Morgan fingerprint density at radius 2 is 1.79 bits per heavy atom. The first kappa shape index (κ1) is 23.9. The third-order valence-corrected chi connectivity index (χ3v) is 6.75. The number of fused-ring (bicyclic) bond motifs is 2. The van der Waals surface area contributed by atoms with Crippen LogP contribution in [0.15, 0.2) is 71.2 Å². The van der Waals surface area contributed by atoms with Crippen LogP contribution in [0.1, 0.15) is 17.5 Å². The first-order chi connectivity index (χ1) is 16.2. The number of para-hydroxylation sites is 1. The van der Waals surface area contributed by atoms with Crippen molar-refractivity contribution in [2.45, 2.75) is 12.0 Å². The Kier molecular flexibility index (Phi) is 6.47. The van der Waals surface area contributed by atoms with Gasteiger partial charge in [-0.3, -0.25) is 14.4 Å². The zero-order valence-electron chi connectivity index (χ0n) is 19.1. The van der Waals surface area contributed by atoms with E-state index in [-0.39, 0.29) is 24.4 Å². The molecule has 34 heavy (non-hydrogen) atoms. The number of carbonyl (C=O) groups is 3. The van der Waals surface area contributed by atoms with Crippen molar-refractivity contribution in [3.63, 3.8) is 0 Å². The lowest BCUT2D eigenvalue weighted by atomic mass is 9.82. The molecule has 176 valence electrons. The fourth-order valence-corrected chi connectivity index (χ4v) is 5.04. The Hall–Kier alpha value is -3.23. The van der Waals surface area contributed by atoms with Crippen LogP contribution >= 0.6 is 15.9 Å². The fourth-order valence-electron chi connectivity index (χ4n) is 4.77. The molecular weight excluding hydrogens is 498 g/mol. The summed E-state index contributed by atoms with van der Waals surface area (Å²) in [5.41, 5.74) is -0.495. The molecule has 1 atom stereocenters. The maximum Gasteiger partial charge on any atom is 0.296 e. The molecule has 1 unspecified atom stereocenters. The number of Topliss-reactive ketones (excluding diaryl/α,β-unsaturated/α-hetero) is 1. The highest BCUT2D eigenvalue weighted by atomic mass is 79.9. The maximum atomic E-state index is 14.1. The van der Waals surface area contributed by atoms with E-state index in [2.05, 4.69) is 22.5 Å². The lowest BCUT2D eigenvalue weighted by Crippen LogP contribution is -2.52. The number of aliphatic hydroxyl groups is 1. The molecule has 1 fully saturated rings. The van der Waals surface area contributed by atoms with Gasteiger partial charge in [0.25, 0.3) is 17.6 Å². The molecular formula is C26H26BrN3O4. The molecule has 1 N–H and O–H groups in total. The molecule has 2 aliphatic rings. The van der Waals surface area contributed by atoms with Crippen molar-refractivity contribution in [1.82, 2.24) is 9.80 Å². The third-order valence-electron chi connectivity index (χ3n) is 6.23. The van der Waals surface area contributed by atoms with E-state index >= 15 is 0 Å². The number of hydrogen-bond donors (Lipinski definition) is 1. The summed E-state index contributed by atoms with van der Waals surface area (Å²) in [4.78, 5) is 45.8. The van der Waals surface area contributed by atoms with Crippen molar-refractivity contribution >= 4 is 45.0 Å². The average molecular weight is 524 g/mol. The number of rotatable bonds is 7. The molecule has 7 nitrogen and oxygen atoms in total. The number of ketones is 1. The van der Waals surface area contributed by atoms with Crippen molar-refractivity contribution in [3.05, 3.63) is 82.4 Å². The standard InChI is InChI=1S/C26H26BrN3O4/c1-4-14-29-20-9-6-5-8-19(20)26(25(29)34)21(22(31)17-10-12-18(27)13-11-17)23(32)24(33)30(26)16-7-15-28(2)3/h4-6,8-13,31H,1,7,14-16H2,2-3H3. The van der Waals surface area contributed by atoms with E-state index in [0.29, 0.717) is 29.8 Å². The van der Waals surface area contributed by atoms with Gasteiger partial charge in [0, 0.05) is 28.7 Å². The molecule has 2 aromatic carbocycles. The molecule has 2 aliphatic heterocycles. The summed E-state index contributed by atoms with van der Waals surface area (Å²) < 4.78 is 0.794. The van der Waals surface area contributed by atoms with Crippen LogP contribution in [0.5, 0.6) is 0 Å². The Morgan fingerprint density at radius 1 is 1.12 bits per heavy atom. The molecule has 2 aromatic rings. The van der Waals surface area contributed by atoms with Gasteiger partial charge < -0.3 is 19.8 Å². The SMILES string of the molecule is C=CCN1C(=O)C2(C(=C(O)c3ccc(Br)cc3)C(=O)C(=O)N2CCCN(C)C)c2ccccc21. The van der Waals surface area contributed by atoms with Crippen LogP contribution in [-0.2, 0) is 19.9 Å². The molecule has 1 spiro atoms. The predicted molar refractivity (Wildman–Crippen MR) is 134 cm³/mol. The first-order valence-electron chi connectivity index (χ1n) is 11.0. The number of amides is 2. The zero-order valence-corrected chi connectivity index (χ0v) is 20.7. The quantitative estimate of drug-likeness (QED) is 0.260. The average Bonchev–Trinajstić information content (AvgIpc) is 3.18. The number of nitrogens with zero attached hydrogens (tertiary/aromatic N) is 3. The molecule has 0 aromatic heterocycles. The largest absolute Gasteiger partial charge is 0.507 e. The maximum absolute atomic E-state index is 14.1. The summed E-state index contributed by atoms with van der Waals surface area (Å²) in [5.74, 6) is -2.48. The van der Waals surface area contributed by atoms with Crippen LogP contribution < -0.4 is 4.90 Å². The first-order valence-corrected chi connectivity index (χ1v) is 11.8. The minimum absolute atomic E-state index is 0.182. The summed E-state index contributed by atoms with van der Waals surface area (Å²) >= 11 is 3.36. The Labute approximate surface area is 207 Å². The monoisotopic (exact) mass is 523 g/mol. The van der Waals surface area contributed by atoms with Gasteiger partial charge in [0.2, 0.25) is 0 Å². The van der Waals surface area contributed by atoms with Crippen LogP contribution in [0.2, 0.25) is 0 Å². The Bertz CT molecular complexity index is 1200. The Balaban J connectivity index is 2.00. The van der Waals surface area contributed by atoms with E-state index in [4.69, 9.17) is 0 Å². The van der Waals surface area contributed by atoms with Crippen LogP contribution in [0.25, 0.3) is 5.76 Å². The van der Waals surface area contributed by atoms with Gasteiger partial charge in [-0.05, 0) is 45.3 Å². The number of anilines is 1. The number of likely N-dealkylation sites (tertiary alicyclic amines) is 1. The number of hydrogen-bond acceptors (Lipinski definition) is 5. The van der Waals surface area contributed by atoms with Crippen LogP contribution in [0, 0.1) is 0 Å². The number of carbonyl (C=O) groups excluding carboxylic acids is 3. The minimum Gasteiger partial charge on any atom is -0.507 e. The highest BCUT2D eigenvalue weighted by molar-refractivity contribution is 9.10. The molecule has 0 radical (unpaired) electrons. The summed E-state index contributed by atoms with van der Waals surface area (Å²) in [7, 11) is 3.83. The Morgan fingerprint density at radius 3 is 2.44 bits per heavy atom. The van der Waals surface area contributed by atoms with E-state index in [0.717, 1.165) is 4.47 Å². The smallest absolute Gasteiger partial charge is 0.296 e. The molecule has 0 aliphatic carbocycles. The van der Waals surface area contributed by atoms with E-state index < -0.39 is 23.1 Å². The van der Waals surface area contributed by atoms with Gasteiger partial charge in [-0.15, -0.1) is 6.58 Å². The van der Waals surface area contributed by atoms with Gasteiger partial charge in [-0.25, -0.2) is 0 Å². The van der Waals surface area contributed by atoms with E-state index in [9.17, 15) is 19.5 Å². The third kappa shape index (κ3) is 3.58. The molecule has 0 saturated carbocycles. The molecule has 0 bridgehead atoms.